The maximum Gasteiger partial charge on any atom is 0.0299 e. The first-order chi connectivity index (χ1) is 9.34. The predicted octanol–water partition coefficient (Wildman–Crippen LogP) is 4.25. The van der Waals surface area contributed by atoms with Crippen molar-refractivity contribution < 1.29 is 0 Å². The zero-order valence-electron chi connectivity index (χ0n) is 13.9. The van der Waals surface area contributed by atoms with Crippen molar-refractivity contribution in [1.29, 1.82) is 0 Å². The fourth-order valence-corrected chi connectivity index (χ4v) is 3.66. The van der Waals surface area contributed by atoms with Gasteiger partial charge in [0.1, 0.15) is 0 Å². The molecule has 1 atom stereocenters. The first kappa shape index (κ1) is 17.7. The van der Waals surface area contributed by atoms with Crippen LogP contribution in [0.15, 0.2) is 6.07 Å². The van der Waals surface area contributed by atoms with Gasteiger partial charge in [-0.2, -0.15) is 0 Å². The van der Waals surface area contributed by atoms with Crippen molar-refractivity contribution in [1.82, 2.24) is 5.32 Å². The average molecular weight is 297 g/mol. The van der Waals surface area contributed by atoms with E-state index in [4.69, 9.17) is 5.73 Å². The van der Waals surface area contributed by atoms with Gasteiger partial charge in [0.05, 0.1) is 0 Å². The Morgan fingerprint density at radius 2 is 1.95 bits per heavy atom. The van der Waals surface area contributed by atoms with E-state index in [9.17, 15) is 0 Å². The molecule has 1 aromatic heterocycles. The molecule has 0 saturated carbocycles. The fraction of sp³-hybridized carbons (Fsp3) is 0.765. The Bertz CT molecular complexity index is 371. The van der Waals surface area contributed by atoms with Crippen LogP contribution in [0.2, 0.25) is 0 Å². The monoisotopic (exact) mass is 296 g/mol. The van der Waals surface area contributed by atoms with E-state index < -0.39 is 0 Å². The Balaban J connectivity index is 2.23. The molecule has 0 bridgehead atoms. The Hall–Kier alpha value is -0.380. The van der Waals surface area contributed by atoms with Crippen LogP contribution in [0.1, 0.15) is 55.4 Å². The molecule has 0 amide bonds. The van der Waals surface area contributed by atoms with Crippen molar-refractivity contribution in [3.8, 4) is 0 Å². The molecule has 2 nitrogen and oxygen atoms in total. The van der Waals surface area contributed by atoms with E-state index >= 15 is 0 Å². The van der Waals surface area contributed by atoms with Gasteiger partial charge in [0, 0.05) is 16.3 Å². The summed E-state index contributed by atoms with van der Waals surface area (Å²) in [5, 5.41) is 3.57. The second-order valence-corrected chi connectivity index (χ2v) is 8.25. The number of hydrogen-bond acceptors (Lipinski definition) is 3. The molecule has 0 aliphatic heterocycles. The molecule has 1 heterocycles. The van der Waals surface area contributed by atoms with Gasteiger partial charge in [-0.05, 0) is 69.2 Å². The lowest BCUT2D eigenvalue weighted by atomic mass is 9.76. The van der Waals surface area contributed by atoms with E-state index in [1.165, 1.54) is 28.2 Å². The number of aryl methyl sites for hydroxylation is 2. The molecule has 1 aromatic rings. The maximum absolute atomic E-state index is 5.73. The molecule has 1 unspecified atom stereocenters. The van der Waals surface area contributed by atoms with Crippen LogP contribution < -0.4 is 11.1 Å². The molecule has 20 heavy (non-hydrogen) atoms. The summed E-state index contributed by atoms with van der Waals surface area (Å²) in [7, 11) is 0. The Morgan fingerprint density at radius 3 is 2.45 bits per heavy atom. The molecule has 0 fully saturated rings. The number of rotatable bonds is 8. The third-order valence-electron chi connectivity index (χ3n) is 4.16. The molecular formula is C17H32N2S. The first-order valence-corrected chi connectivity index (χ1v) is 8.63. The Morgan fingerprint density at radius 1 is 1.25 bits per heavy atom. The molecule has 0 aliphatic rings. The highest BCUT2D eigenvalue weighted by molar-refractivity contribution is 7.12. The second kappa shape index (κ2) is 8.16. The number of nitrogens with one attached hydrogen (secondary N) is 1. The zero-order valence-corrected chi connectivity index (χ0v) is 14.7. The lowest BCUT2D eigenvalue weighted by Gasteiger charge is -2.30. The minimum absolute atomic E-state index is 0.376. The van der Waals surface area contributed by atoms with Crippen molar-refractivity contribution in [3.63, 3.8) is 0 Å². The van der Waals surface area contributed by atoms with Gasteiger partial charge < -0.3 is 11.1 Å². The molecule has 0 saturated heterocycles. The third kappa shape index (κ3) is 5.94. The van der Waals surface area contributed by atoms with Crippen molar-refractivity contribution in [2.24, 2.45) is 17.1 Å². The Kier molecular flexibility index (Phi) is 7.21. The van der Waals surface area contributed by atoms with E-state index in [2.05, 4.69) is 46.0 Å². The first-order valence-electron chi connectivity index (χ1n) is 7.81. The van der Waals surface area contributed by atoms with Crippen LogP contribution >= 0.6 is 11.3 Å². The number of nitrogens with two attached hydrogens (primary N) is 1. The van der Waals surface area contributed by atoms with E-state index in [0.717, 1.165) is 32.0 Å². The van der Waals surface area contributed by atoms with Gasteiger partial charge in [0.15, 0.2) is 0 Å². The third-order valence-corrected chi connectivity index (χ3v) is 5.31. The molecule has 0 radical (unpaired) electrons. The van der Waals surface area contributed by atoms with Crippen LogP contribution in [0.25, 0.3) is 0 Å². The van der Waals surface area contributed by atoms with Crippen LogP contribution in [-0.4, -0.2) is 13.1 Å². The summed E-state index contributed by atoms with van der Waals surface area (Å²) in [5.74, 6) is 0.737. The molecular weight excluding hydrogens is 264 g/mol. The molecule has 3 heteroatoms. The van der Waals surface area contributed by atoms with Gasteiger partial charge in [-0.25, -0.2) is 0 Å². The molecule has 3 N–H and O–H groups in total. The normalized spacial score (nSPS) is 13.7. The van der Waals surface area contributed by atoms with E-state index in [0.29, 0.717) is 5.41 Å². The smallest absolute Gasteiger partial charge is 0.0299 e. The largest absolute Gasteiger partial charge is 0.330 e. The maximum atomic E-state index is 5.73. The van der Waals surface area contributed by atoms with Crippen molar-refractivity contribution in [2.75, 3.05) is 13.1 Å². The standard InChI is InChI=1S/C17H32N2S/c1-13-11-16(20-14(13)2)12-19-10-6-7-15(8-9-18)17(3,4)5/h11,15,19H,6-10,12,18H2,1-5H3. The quantitative estimate of drug-likeness (QED) is 0.704. The minimum atomic E-state index is 0.376. The molecule has 0 aliphatic carbocycles. The lowest BCUT2D eigenvalue weighted by molar-refractivity contribution is 0.210. The summed E-state index contributed by atoms with van der Waals surface area (Å²) in [4.78, 5) is 2.90. The summed E-state index contributed by atoms with van der Waals surface area (Å²) in [6.07, 6.45) is 3.66. The summed E-state index contributed by atoms with van der Waals surface area (Å²) in [6, 6.07) is 2.30. The van der Waals surface area contributed by atoms with Crippen molar-refractivity contribution in [2.45, 2.75) is 60.4 Å². The molecule has 0 spiro atoms. The van der Waals surface area contributed by atoms with Gasteiger partial charge >= 0.3 is 0 Å². The highest BCUT2D eigenvalue weighted by Crippen LogP contribution is 2.31. The summed E-state index contributed by atoms with van der Waals surface area (Å²) < 4.78 is 0. The highest BCUT2D eigenvalue weighted by Gasteiger charge is 2.22. The van der Waals surface area contributed by atoms with E-state index in [1.54, 1.807) is 0 Å². The zero-order chi connectivity index (χ0) is 15.2. The van der Waals surface area contributed by atoms with Crippen LogP contribution in [0, 0.1) is 25.2 Å². The SMILES string of the molecule is Cc1cc(CNCCCC(CCN)C(C)(C)C)sc1C. The van der Waals surface area contributed by atoms with Gasteiger partial charge in [0.2, 0.25) is 0 Å². The van der Waals surface area contributed by atoms with E-state index in [-0.39, 0.29) is 0 Å². The average Bonchev–Trinajstić information content (AvgIpc) is 2.65. The second-order valence-electron chi connectivity index (χ2n) is 6.91. The minimum Gasteiger partial charge on any atom is -0.330 e. The van der Waals surface area contributed by atoms with Crippen LogP contribution in [-0.2, 0) is 6.54 Å². The molecule has 116 valence electrons. The molecule has 0 aromatic carbocycles. The van der Waals surface area contributed by atoms with Gasteiger partial charge in [0.25, 0.3) is 0 Å². The summed E-state index contributed by atoms with van der Waals surface area (Å²) in [5.41, 5.74) is 7.53. The topological polar surface area (TPSA) is 38.0 Å². The van der Waals surface area contributed by atoms with Gasteiger partial charge in [-0.1, -0.05) is 20.8 Å². The van der Waals surface area contributed by atoms with E-state index in [1.807, 2.05) is 11.3 Å². The lowest BCUT2D eigenvalue weighted by Crippen LogP contribution is -2.25. The van der Waals surface area contributed by atoms with Crippen LogP contribution in [0.5, 0.6) is 0 Å². The number of hydrogen-bond donors (Lipinski definition) is 2. The highest BCUT2D eigenvalue weighted by atomic mass is 32.1. The van der Waals surface area contributed by atoms with Crippen molar-refractivity contribution >= 4 is 11.3 Å². The van der Waals surface area contributed by atoms with Gasteiger partial charge in [-0.3, -0.25) is 0 Å². The fourth-order valence-electron chi connectivity index (χ4n) is 2.63. The van der Waals surface area contributed by atoms with Crippen LogP contribution in [0.4, 0.5) is 0 Å². The van der Waals surface area contributed by atoms with Crippen molar-refractivity contribution in [3.05, 3.63) is 21.4 Å². The molecule has 1 rings (SSSR count). The Labute approximate surface area is 129 Å². The van der Waals surface area contributed by atoms with Crippen LogP contribution in [0.3, 0.4) is 0 Å². The summed E-state index contributed by atoms with van der Waals surface area (Å²) in [6.45, 7) is 14.3. The van der Waals surface area contributed by atoms with Gasteiger partial charge in [-0.15, -0.1) is 11.3 Å². The number of thiophene rings is 1. The predicted molar refractivity (Wildman–Crippen MR) is 91.4 cm³/mol. The summed E-state index contributed by atoms with van der Waals surface area (Å²) >= 11 is 1.91.